The predicted octanol–water partition coefficient (Wildman–Crippen LogP) is 1.50. The van der Waals surface area contributed by atoms with Crippen molar-refractivity contribution in [1.82, 2.24) is 15.6 Å². The summed E-state index contributed by atoms with van der Waals surface area (Å²) in [5.41, 5.74) is 0.767. The average molecular weight is 235 g/mol. The third kappa shape index (κ3) is 3.82. The van der Waals surface area contributed by atoms with Crippen molar-refractivity contribution in [3.05, 3.63) is 30.1 Å². The topological polar surface area (TPSA) is 54.0 Å². The molecule has 0 bridgehead atoms. The SMILES string of the molecule is CNC(=O)C(C)(C)CNC(C)c1ccncc1. The van der Waals surface area contributed by atoms with Gasteiger partial charge >= 0.3 is 0 Å². The number of hydrogen-bond acceptors (Lipinski definition) is 3. The largest absolute Gasteiger partial charge is 0.359 e. The van der Waals surface area contributed by atoms with Gasteiger partial charge in [0.15, 0.2) is 0 Å². The molecule has 0 aliphatic rings. The minimum absolute atomic E-state index is 0.0481. The lowest BCUT2D eigenvalue weighted by atomic mass is 9.91. The van der Waals surface area contributed by atoms with Gasteiger partial charge in [-0.1, -0.05) is 0 Å². The van der Waals surface area contributed by atoms with Crippen molar-refractivity contribution in [2.24, 2.45) is 5.41 Å². The summed E-state index contributed by atoms with van der Waals surface area (Å²) in [6, 6.07) is 4.16. The minimum Gasteiger partial charge on any atom is -0.359 e. The van der Waals surface area contributed by atoms with Crippen LogP contribution in [0.1, 0.15) is 32.4 Å². The molecular weight excluding hydrogens is 214 g/mol. The van der Waals surface area contributed by atoms with E-state index in [0.29, 0.717) is 6.54 Å². The van der Waals surface area contributed by atoms with Gasteiger partial charge in [-0.25, -0.2) is 0 Å². The first-order valence-corrected chi connectivity index (χ1v) is 5.83. The molecule has 1 aromatic rings. The van der Waals surface area contributed by atoms with Crippen LogP contribution in [0.3, 0.4) is 0 Å². The maximum Gasteiger partial charge on any atom is 0.226 e. The van der Waals surface area contributed by atoms with Gasteiger partial charge in [-0.2, -0.15) is 0 Å². The zero-order valence-electron chi connectivity index (χ0n) is 10.9. The fourth-order valence-corrected chi connectivity index (χ4v) is 1.60. The highest BCUT2D eigenvalue weighted by atomic mass is 16.2. The number of nitrogens with zero attached hydrogens (tertiary/aromatic N) is 1. The first kappa shape index (κ1) is 13.6. The molecule has 0 radical (unpaired) electrons. The van der Waals surface area contributed by atoms with Gasteiger partial charge in [0.05, 0.1) is 5.41 Å². The maximum atomic E-state index is 11.6. The second kappa shape index (κ2) is 5.77. The molecule has 1 heterocycles. The summed E-state index contributed by atoms with van der Waals surface area (Å²) >= 11 is 0. The molecule has 0 spiro atoms. The van der Waals surface area contributed by atoms with Gasteiger partial charge in [0, 0.05) is 32.0 Å². The number of hydrogen-bond donors (Lipinski definition) is 2. The Labute approximate surface area is 103 Å². The third-order valence-corrected chi connectivity index (χ3v) is 2.90. The van der Waals surface area contributed by atoms with Crippen LogP contribution in [-0.4, -0.2) is 24.5 Å². The highest BCUT2D eigenvalue weighted by Gasteiger charge is 2.26. The Balaban J connectivity index is 2.54. The van der Waals surface area contributed by atoms with E-state index in [1.807, 2.05) is 26.0 Å². The van der Waals surface area contributed by atoms with Crippen molar-refractivity contribution in [1.29, 1.82) is 0 Å². The standard InChI is InChI=1S/C13H21N3O/c1-10(11-5-7-15-8-6-11)16-9-13(2,3)12(17)14-4/h5-8,10,16H,9H2,1-4H3,(H,14,17). The molecule has 1 amide bonds. The van der Waals surface area contributed by atoms with E-state index in [-0.39, 0.29) is 11.9 Å². The van der Waals surface area contributed by atoms with Crippen LogP contribution < -0.4 is 10.6 Å². The summed E-state index contributed by atoms with van der Waals surface area (Å²) in [7, 11) is 1.66. The number of carbonyl (C=O) groups excluding carboxylic acids is 1. The van der Waals surface area contributed by atoms with E-state index in [1.54, 1.807) is 19.4 Å². The lowest BCUT2D eigenvalue weighted by Crippen LogP contribution is -2.42. The summed E-state index contributed by atoms with van der Waals surface area (Å²) in [5.74, 6) is 0.0481. The average Bonchev–Trinajstić information content (AvgIpc) is 2.36. The molecule has 94 valence electrons. The normalized spacial score (nSPS) is 13.2. The summed E-state index contributed by atoms with van der Waals surface area (Å²) in [6.45, 7) is 6.57. The van der Waals surface area contributed by atoms with Crippen molar-refractivity contribution in [3.8, 4) is 0 Å². The molecule has 1 aromatic heterocycles. The van der Waals surface area contributed by atoms with Crippen LogP contribution in [0.25, 0.3) is 0 Å². The number of amides is 1. The molecule has 0 fully saturated rings. The third-order valence-electron chi connectivity index (χ3n) is 2.90. The fourth-order valence-electron chi connectivity index (χ4n) is 1.60. The molecule has 1 rings (SSSR count). The highest BCUT2D eigenvalue weighted by Crippen LogP contribution is 2.17. The van der Waals surface area contributed by atoms with E-state index in [2.05, 4.69) is 22.5 Å². The first-order valence-electron chi connectivity index (χ1n) is 5.83. The van der Waals surface area contributed by atoms with Crippen molar-refractivity contribution in [2.75, 3.05) is 13.6 Å². The van der Waals surface area contributed by atoms with Crippen LogP contribution in [0.2, 0.25) is 0 Å². The molecule has 4 heteroatoms. The molecule has 1 atom stereocenters. The zero-order valence-corrected chi connectivity index (χ0v) is 10.9. The Morgan fingerprint density at radius 2 is 2.00 bits per heavy atom. The lowest BCUT2D eigenvalue weighted by Gasteiger charge is -2.25. The smallest absolute Gasteiger partial charge is 0.226 e. The molecule has 4 nitrogen and oxygen atoms in total. The molecule has 0 aliphatic carbocycles. The van der Waals surface area contributed by atoms with Gasteiger partial charge < -0.3 is 10.6 Å². The van der Waals surface area contributed by atoms with Crippen LogP contribution >= 0.6 is 0 Å². The van der Waals surface area contributed by atoms with Gasteiger partial charge in [-0.05, 0) is 38.5 Å². The summed E-state index contributed by atoms with van der Waals surface area (Å²) in [4.78, 5) is 15.6. The van der Waals surface area contributed by atoms with Crippen molar-refractivity contribution in [3.63, 3.8) is 0 Å². The first-order chi connectivity index (χ1) is 7.97. The van der Waals surface area contributed by atoms with Gasteiger partial charge in [0.2, 0.25) is 5.91 Å². The van der Waals surface area contributed by atoms with E-state index >= 15 is 0 Å². The lowest BCUT2D eigenvalue weighted by molar-refractivity contribution is -0.128. The number of carbonyl (C=O) groups is 1. The highest BCUT2D eigenvalue weighted by molar-refractivity contribution is 5.81. The number of pyridine rings is 1. The Hall–Kier alpha value is -1.42. The van der Waals surface area contributed by atoms with Gasteiger partial charge in [-0.15, -0.1) is 0 Å². The molecule has 2 N–H and O–H groups in total. The fraction of sp³-hybridized carbons (Fsp3) is 0.538. The monoisotopic (exact) mass is 235 g/mol. The molecule has 17 heavy (non-hydrogen) atoms. The second-order valence-electron chi connectivity index (χ2n) is 4.85. The van der Waals surface area contributed by atoms with E-state index < -0.39 is 5.41 Å². The second-order valence-corrected chi connectivity index (χ2v) is 4.85. The van der Waals surface area contributed by atoms with Crippen LogP contribution in [0.4, 0.5) is 0 Å². The molecule has 1 unspecified atom stereocenters. The van der Waals surface area contributed by atoms with E-state index in [4.69, 9.17) is 0 Å². The molecule has 0 aliphatic heterocycles. The van der Waals surface area contributed by atoms with Crippen LogP contribution in [-0.2, 0) is 4.79 Å². The van der Waals surface area contributed by atoms with Gasteiger partial charge in [-0.3, -0.25) is 9.78 Å². The van der Waals surface area contributed by atoms with E-state index in [0.717, 1.165) is 0 Å². The maximum absolute atomic E-state index is 11.6. The van der Waals surface area contributed by atoms with Crippen molar-refractivity contribution >= 4 is 5.91 Å². The Kier molecular flexibility index (Phi) is 4.63. The Morgan fingerprint density at radius 1 is 1.41 bits per heavy atom. The predicted molar refractivity (Wildman–Crippen MR) is 68.5 cm³/mol. The summed E-state index contributed by atoms with van der Waals surface area (Å²) in [5, 5.41) is 6.05. The summed E-state index contributed by atoms with van der Waals surface area (Å²) in [6.07, 6.45) is 3.55. The minimum atomic E-state index is -0.407. The number of rotatable bonds is 5. The molecular formula is C13H21N3O. The van der Waals surface area contributed by atoms with Crippen molar-refractivity contribution in [2.45, 2.75) is 26.8 Å². The van der Waals surface area contributed by atoms with E-state index in [1.165, 1.54) is 5.56 Å². The molecule has 0 saturated carbocycles. The Morgan fingerprint density at radius 3 is 2.53 bits per heavy atom. The Bertz CT molecular complexity index is 362. The van der Waals surface area contributed by atoms with Crippen LogP contribution in [0.15, 0.2) is 24.5 Å². The van der Waals surface area contributed by atoms with Crippen LogP contribution in [0, 0.1) is 5.41 Å². The van der Waals surface area contributed by atoms with Crippen molar-refractivity contribution < 1.29 is 4.79 Å². The number of nitrogens with one attached hydrogen (secondary N) is 2. The molecule has 0 saturated heterocycles. The van der Waals surface area contributed by atoms with E-state index in [9.17, 15) is 4.79 Å². The summed E-state index contributed by atoms with van der Waals surface area (Å²) < 4.78 is 0. The zero-order chi connectivity index (χ0) is 12.9. The van der Waals surface area contributed by atoms with Crippen LogP contribution in [0.5, 0.6) is 0 Å². The van der Waals surface area contributed by atoms with Gasteiger partial charge in [0.25, 0.3) is 0 Å². The quantitative estimate of drug-likeness (QED) is 0.813. The van der Waals surface area contributed by atoms with Gasteiger partial charge in [0.1, 0.15) is 0 Å². The number of aromatic nitrogens is 1. The molecule has 0 aromatic carbocycles.